The largest absolute Gasteiger partial charge is 0.371 e. The molecule has 0 atom stereocenters. The Labute approximate surface area is 674 Å². The fourth-order valence-electron chi connectivity index (χ4n) is 5.38. The lowest BCUT2D eigenvalue weighted by molar-refractivity contribution is -0.422. The maximum atomic E-state index is 10.4. The second-order valence-corrected chi connectivity index (χ2v) is 45.0. The van der Waals surface area contributed by atoms with E-state index < -0.39 is 21.2 Å². The molecule has 0 radical (unpaired) electrons. The van der Waals surface area contributed by atoms with E-state index in [9.17, 15) is 20.2 Å². The van der Waals surface area contributed by atoms with Crippen molar-refractivity contribution in [3.63, 3.8) is 0 Å². The van der Waals surface area contributed by atoms with Crippen LogP contribution in [0.5, 0.6) is 0 Å². The number of hydrogen-bond acceptors (Lipinski definition) is 14. The summed E-state index contributed by atoms with van der Waals surface area (Å²) in [7, 11) is 0. The average Bonchev–Trinajstić information content (AvgIpc) is 4.31. The number of halogens is 15. The van der Waals surface area contributed by atoms with Crippen LogP contribution in [0.25, 0.3) is 0 Å². The molecule has 31 heteroatoms. The van der Waals surface area contributed by atoms with Crippen LogP contribution in [-0.2, 0) is 0 Å². The first-order valence-corrected chi connectivity index (χ1v) is 44.0. The van der Waals surface area contributed by atoms with E-state index in [0.717, 1.165) is 36.7 Å². The summed E-state index contributed by atoms with van der Waals surface area (Å²) in [5, 5.41) is 29.3. The zero-order valence-electron chi connectivity index (χ0n) is 48.8. The lowest BCUT2D eigenvalue weighted by atomic mass is 10.2. The van der Waals surface area contributed by atoms with Crippen molar-refractivity contribution in [2.24, 2.45) is 0 Å². The molecule has 0 bridgehead atoms. The molecule has 0 N–H and O–H groups in total. The van der Waals surface area contributed by atoms with Crippen LogP contribution in [0, 0.1) is 131 Å². The van der Waals surface area contributed by atoms with Gasteiger partial charge < -0.3 is 0 Å². The van der Waals surface area contributed by atoms with Crippen molar-refractivity contribution in [1.82, 2.24) is 0 Å². The number of thiophene rings is 10. The molecule has 6 nitrogen and oxygen atoms in total. The standard InChI is InChI=1S/C8H12S.2C6H6Br2S.C6H8S.2C5H3Br3S.C5H4Br2S.C5H3BrN2O4S.C5H5BrS.C5H5ClS/c1-5-6(2)8(4)9-7(5)3;1-3-5(7)4(2)9-6(3)8;1-3-4(2)6(8)9-5(3)7;1-5-3-7-4-6(5)2;1-2-3(6)4(7)5(8)9-2;1-2-3(6)5(8)9-4(2)7;1-3-2-4(6)8-5(3)7;1-2-3(7(9)10)4(8(11)12)5(6)13-2;1-4-5(6)2-3-7-4;1-4-2-3-7-5(4)6/h1-4H3;2*1-2H3;3-4H,1-2H3;2*1H3;2H,1H3;1H3;2*2-3H,1H3. The molecule has 0 unspecified atom stereocenters. The molecule has 0 saturated carbocycles. The van der Waals surface area contributed by atoms with E-state index in [0.29, 0.717) is 4.88 Å². The molecular weight excluding hydrogens is 2240 g/mol. The molecule has 10 aromatic heterocycles. The molecule has 10 rings (SSSR count). The quantitative estimate of drug-likeness (QED) is 0.127. The number of nitrogens with zero attached hydrogens (tertiary/aromatic N) is 2. The van der Waals surface area contributed by atoms with Crippen molar-refractivity contribution in [1.29, 1.82) is 0 Å². The van der Waals surface area contributed by atoms with Gasteiger partial charge in [-0.2, -0.15) is 11.3 Å². The molecule has 0 aliphatic rings. The van der Waals surface area contributed by atoms with Crippen molar-refractivity contribution in [2.75, 3.05) is 0 Å². The maximum absolute atomic E-state index is 10.4. The number of nitro groups is 2. The molecular formula is C56H55Br14ClN2O4S10. The van der Waals surface area contributed by atoms with E-state index in [2.05, 4.69) is 348 Å². The summed E-state index contributed by atoms with van der Waals surface area (Å²) in [6.45, 7) is 33.2. The highest BCUT2D eigenvalue weighted by molar-refractivity contribution is 9.15. The summed E-state index contributed by atoms with van der Waals surface area (Å²) in [6.07, 6.45) is 0. The van der Waals surface area contributed by atoms with Crippen molar-refractivity contribution >= 4 is 359 Å². The van der Waals surface area contributed by atoms with Gasteiger partial charge in [0, 0.05) is 42.3 Å². The molecule has 0 spiro atoms. The predicted octanol–water partition coefficient (Wildman–Crippen LogP) is 33.6. The summed E-state index contributed by atoms with van der Waals surface area (Å²) in [4.78, 5) is 26.6. The van der Waals surface area contributed by atoms with E-state index in [1.807, 2.05) is 29.7 Å². The summed E-state index contributed by atoms with van der Waals surface area (Å²) >= 11 is 69.6. The van der Waals surface area contributed by atoms with Gasteiger partial charge in [0.05, 0.1) is 53.8 Å². The number of aryl methyl sites for hydroxylation is 10. The van der Waals surface area contributed by atoms with Crippen LogP contribution in [0.3, 0.4) is 0 Å². The van der Waals surface area contributed by atoms with Gasteiger partial charge in [-0.3, -0.25) is 20.2 Å². The van der Waals surface area contributed by atoms with Gasteiger partial charge in [-0.05, 0) is 429 Å². The molecule has 478 valence electrons. The number of rotatable bonds is 2. The van der Waals surface area contributed by atoms with Crippen molar-refractivity contribution in [2.45, 2.75) is 111 Å². The van der Waals surface area contributed by atoms with Crippen LogP contribution in [0.4, 0.5) is 11.4 Å². The Hall–Kier alpha value is 2.81. The Balaban J connectivity index is 0.000000486. The first kappa shape index (κ1) is 87.8. The highest BCUT2D eigenvalue weighted by Crippen LogP contribution is 2.45. The van der Waals surface area contributed by atoms with Crippen LogP contribution in [-0.4, -0.2) is 9.85 Å². The lowest BCUT2D eigenvalue weighted by Crippen LogP contribution is -1.94. The molecule has 10 aromatic rings. The van der Waals surface area contributed by atoms with Crippen LogP contribution in [0.2, 0.25) is 4.34 Å². The Morgan fingerprint density at radius 2 is 0.770 bits per heavy atom. The first-order valence-electron chi connectivity index (χ1n) is 24.1. The Morgan fingerprint density at radius 1 is 0.356 bits per heavy atom. The van der Waals surface area contributed by atoms with Gasteiger partial charge in [0.2, 0.25) is 0 Å². The Kier molecular flexibility index (Phi) is 44.4. The minimum atomic E-state index is -0.758. The fourth-order valence-corrected chi connectivity index (χ4v) is 26.2. The molecule has 0 aliphatic carbocycles. The van der Waals surface area contributed by atoms with E-state index in [1.54, 1.807) is 90.7 Å². The Morgan fingerprint density at radius 3 is 0.920 bits per heavy atom. The van der Waals surface area contributed by atoms with Gasteiger partial charge in [0.1, 0.15) is 0 Å². The molecule has 0 fully saturated rings. The van der Waals surface area contributed by atoms with E-state index >= 15 is 0 Å². The molecule has 0 aliphatic heterocycles. The topological polar surface area (TPSA) is 86.3 Å². The number of hydrogen-bond donors (Lipinski definition) is 0. The van der Waals surface area contributed by atoms with Gasteiger partial charge in [0.25, 0.3) is 0 Å². The average molecular weight is 2290 g/mol. The minimum absolute atomic E-state index is 0.182. The van der Waals surface area contributed by atoms with Crippen molar-refractivity contribution < 1.29 is 9.85 Å². The zero-order valence-corrected chi connectivity index (χ0v) is 79.9. The van der Waals surface area contributed by atoms with Crippen LogP contribution < -0.4 is 0 Å². The third kappa shape index (κ3) is 30.2. The van der Waals surface area contributed by atoms with Gasteiger partial charge in [0.15, 0.2) is 3.79 Å². The second kappa shape index (κ2) is 44.0. The molecule has 0 aromatic carbocycles. The third-order valence-corrected chi connectivity index (χ3v) is 37.5. The molecule has 87 heavy (non-hydrogen) atoms. The van der Waals surface area contributed by atoms with Crippen LogP contribution in [0.15, 0.2) is 96.2 Å². The smallest absolute Gasteiger partial charge is 0.258 e. The highest BCUT2D eigenvalue weighted by atomic mass is 79.9. The SMILES string of the molecule is Cc1c(Br)sc(Br)c1Br.Cc1c(Br)sc(Br)c1C.Cc1cc(Br)sc1Br.Cc1ccsc1Cl.Cc1cscc1C.Cc1sc(Br)c(Br)c1Br.Cc1sc(Br)c(C)c1Br.Cc1sc(Br)c([N+](=O)[O-])c1[N+](=O)[O-].Cc1sc(C)c(C)c1C.Cc1sccc1Br. The molecule has 10 heterocycles. The first-order chi connectivity index (χ1) is 40.2. The van der Waals surface area contributed by atoms with Gasteiger partial charge >= 0.3 is 11.4 Å². The summed E-state index contributed by atoms with van der Waals surface area (Å²) in [5.74, 6) is 0. The summed E-state index contributed by atoms with van der Waals surface area (Å²) < 4.78 is 16.5. The van der Waals surface area contributed by atoms with Crippen LogP contribution in [0.1, 0.15) is 84.9 Å². The third-order valence-electron chi connectivity index (χ3n) is 11.2. The maximum Gasteiger partial charge on any atom is 0.371 e. The normalized spacial score (nSPS) is 9.97. The summed E-state index contributed by atoms with van der Waals surface area (Å²) in [5.41, 5.74) is 12.6. The molecule has 0 amide bonds. The lowest BCUT2D eigenvalue weighted by Gasteiger charge is -1.88. The minimum Gasteiger partial charge on any atom is -0.258 e. The van der Waals surface area contributed by atoms with Gasteiger partial charge in [-0.25, -0.2) is 0 Å². The van der Waals surface area contributed by atoms with Gasteiger partial charge in [-0.15, -0.1) is 102 Å². The van der Waals surface area contributed by atoms with Crippen molar-refractivity contribution in [3.8, 4) is 0 Å². The monoisotopic (exact) mass is 2280 g/mol. The Bertz CT molecular complexity index is 3210. The van der Waals surface area contributed by atoms with E-state index in [-0.39, 0.29) is 3.79 Å². The van der Waals surface area contributed by atoms with E-state index in [4.69, 9.17) is 11.6 Å². The van der Waals surface area contributed by atoms with Crippen LogP contribution >= 0.6 is 348 Å². The second-order valence-electron chi connectivity index (χ2n) is 17.5. The van der Waals surface area contributed by atoms with Crippen molar-refractivity contribution in [3.05, 3.63) is 206 Å². The highest BCUT2D eigenvalue weighted by Gasteiger charge is 2.33. The predicted molar refractivity (Wildman–Crippen MR) is 445 cm³/mol. The zero-order chi connectivity index (χ0) is 67.2. The fraction of sp³-hybridized carbons (Fsp3) is 0.286. The van der Waals surface area contributed by atoms with Gasteiger partial charge in [-0.1, -0.05) is 11.6 Å². The summed E-state index contributed by atoms with van der Waals surface area (Å²) in [6, 6.07) is 6.15. The molecule has 0 saturated heterocycles. The van der Waals surface area contributed by atoms with E-state index in [1.165, 1.54) is 119 Å².